The molecule has 1 atom stereocenters. The van der Waals surface area contributed by atoms with Gasteiger partial charge in [0.15, 0.2) is 6.73 Å². The van der Waals surface area contributed by atoms with Crippen LogP contribution in [0.15, 0.2) is 0 Å². The van der Waals surface area contributed by atoms with Crippen LogP contribution in [0, 0.1) is 5.92 Å². The van der Waals surface area contributed by atoms with Gasteiger partial charge in [-0.05, 0) is 5.92 Å². The average Bonchev–Trinajstić information content (AvgIpc) is 2.30. The minimum absolute atomic E-state index is 0.108. The third-order valence-corrected chi connectivity index (χ3v) is 1.96. The van der Waals surface area contributed by atoms with Crippen LogP contribution in [0.5, 0.6) is 0 Å². The molecule has 0 aliphatic carbocycles. The molecule has 0 aromatic rings. The first-order valence-corrected chi connectivity index (χ1v) is 3.98. The number of amides is 1. The van der Waals surface area contributed by atoms with Crippen LogP contribution in [0.3, 0.4) is 0 Å². The van der Waals surface area contributed by atoms with Gasteiger partial charge in [-0.25, -0.2) is 4.79 Å². The lowest BCUT2D eigenvalue weighted by Gasteiger charge is -2.20. The molecule has 0 aromatic heterocycles. The van der Waals surface area contributed by atoms with Crippen molar-refractivity contribution in [2.24, 2.45) is 5.92 Å². The zero-order valence-corrected chi connectivity index (χ0v) is 7.53. The first-order valence-electron chi connectivity index (χ1n) is 3.98. The Hall–Kier alpha value is -1.06. The largest absolute Gasteiger partial charge is 0.443 e. The van der Waals surface area contributed by atoms with Crippen molar-refractivity contribution in [3.8, 4) is 0 Å². The molecule has 0 bridgehead atoms. The molecule has 0 saturated carbocycles. The summed E-state index contributed by atoms with van der Waals surface area (Å²) < 4.78 is 4.77. The van der Waals surface area contributed by atoms with E-state index in [9.17, 15) is 9.59 Å². The molecular weight excluding hydrogens is 158 g/mol. The van der Waals surface area contributed by atoms with Crippen LogP contribution in [0.4, 0.5) is 0 Å². The number of hydrogen-bond donors (Lipinski definition) is 0. The van der Waals surface area contributed by atoms with E-state index in [1.54, 1.807) is 0 Å². The highest BCUT2D eigenvalue weighted by atomic mass is 16.6. The van der Waals surface area contributed by atoms with Gasteiger partial charge in [0.05, 0.1) is 0 Å². The molecule has 1 amide bonds. The zero-order chi connectivity index (χ0) is 9.30. The van der Waals surface area contributed by atoms with E-state index in [0.717, 1.165) is 0 Å². The predicted molar refractivity (Wildman–Crippen MR) is 42.1 cm³/mol. The van der Waals surface area contributed by atoms with E-state index in [4.69, 9.17) is 4.74 Å². The van der Waals surface area contributed by atoms with Gasteiger partial charge in [-0.1, -0.05) is 13.8 Å². The second kappa shape index (κ2) is 3.13. The van der Waals surface area contributed by atoms with Crippen LogP contribution >= 0.6 is 0 Å². The van der Waals surface area contributed by atoms with Crippen LogP contribution in [-0.2, 0) is 14.3 Å². The molecule has 0 spiro atoms. The molecule has 4 nitrogen and oxygen atoms in total. The Kier molecular flexibility index (Phi) is 2.35. The van der Waals surface area contributed by atoms with Crippen molar-refractivity contribution < 1.29 is 14.3 Å². The van der Waals surface area contributed by atoms with Gasteiger partial charge in [0.2, 0.25) is 5.91 Å². The van der Waals surface area contributed by atoms with Gasteiger partial charge in [-0.3, -0.25) is 9.69 Å². The first-order chi connectivity index (χ1) is 5.54. The molecule has 1 rings (SSSR count). The maximum Gasteiger partial charge on any atom is 0.330 e. The highest BCUT2D eigenvalue weighted by molar-refractivity contribution is 5.85. The van der Waals surface area contributed by atoms with Crippen molar-refractivity contribution in [2.45, 2.75) is 26.8 Å². The number of esters is 1. The topological polar surface area (TPSA) is 46.6 Å². The van der Waals surface area contributed by atoms with Crippen molar-refractivity contribution in [2.75, 3.05) is 6.73 Å². The number of rotatable bonds is 1. The minimum atomic E-state index is -0.387. The van der Waals surface area contributed by atoms with Gasteiger partial charge in [-0.2, -0.15) is 0 Å². The molecule has 1 saturated heterocycles. The Morgan fingerprint density at radius 1 is 1.67 bits per heavy atom. The molecule has 1 aliphatic rings. The number of hydrogen-bond acceptors (Lipinski definition) is 3. The Balaban J connectivity index is 2.77. The molecule has 1 aliphatic heterocycles. The molecular formula is C8H13NO3. The summed E-state index contributed by atoms with van der Waals surface area (Å²) in [5, 5.41) is 0. The lowest BCUT2D eigenvalue weighted by atomic mass is 10.0. The van der Waals surface area contributed by atoms with Crippen molar-refractivity contribution in [1.82, 2.24) is 4.90 Å². The molecule has 1 heterocycles. The third kappa shape index (κ3) is 1.42. The van der Waals surface area contributed by atoms with Crippen molar-refractivity contribution in [3.05, 3.63) is 0 Å². The Morgan fingerprint density at radius 2 is 2.25 bits per heavy atom. The monoisotopic (exact) mass is 171 g/mol. The summed E-state index contributed by atoms with van der Waals surface area (Å²) in [6, 6.07) is -0.387. The van der Waals surface area contributed by atoms with E-state index in [0.29, 0.717) is 0 Å². The van der Waals surface area contributed by atoms with Crippen LogP contribution in [-0.4, -0.2) is 29.5 Å². The summed E-state index contributed by atoms with van der Waals surface area (Å²) in [5.41, 5.74) is 0. The number of ether oxygens (including phenoxy) is 1. The second-order valence-electron chi connectivity index (χ2n) is 3.27. The van der Waals surface area contributed by atoms with Gasteiger partial charge in [-0.15, -0.1) is 0 Å². The summed E-state index contributed by atoms with van der Waals surface area (Å²) in [4.78, 5) is 23.6. The van der Waals surface area contributed by atoms with E-state index in [1.807, 2.05) is 13.8 Å². The summed E-state index contributed by atoms with van der Waals surface area (Å²) in [7, 11) is 0. The maximum absolute atomic E-state index is 11.1. The van der Waals surface area contributed by atoms with E-state index in [-0.39, 0.29) is 30.6 Å². The van der Waals surface area contributed by atoms with Gasteiger partial charge >= 0.3 is 5.97 Å². The fourth-order valence-electron chi connectivity index (χ4n) is 1.34. The van der Waals surface area contributed by atoms with E-state index in [1.165, 1.54) is 11.8 Å². The number of carbonyl (C=O) groups excluding carboxylic acids is 2. The first kappa shape index (κ1) is 9.03. The quantitative estimate of drug-likeness (QED) is 0.535. The Labute approximate surface area is 71.5 Å². The molecule has 0 aromatic carbocycles. The molecule has 68 valence electrons. The normalized spacial score (nSPS) is 23.2. The average molecular weight is 171 g/mol. The predicted octanol–water partition coefficient (Wildman–Crippen LogP) is 0.374. The van der Waals surface area contributed by atoms with Crippen molar-refractivity contribution in [3.63, 3.8) is 0 Å². The number of nitrogens with zero attached hydrogens (tertiary/aromatic N) is 1. The van der Waals surface area contributed by atoms with Crippen molar-refractivity contribution >= 4 is 11.9 Å². The minimum Gasteiger partial charge on any atom is -0.443 e. The zero-order valence-electron chi connectivity index (χ0n) is 7.53. The summed E-state index contributed by atoms with van der Waals surface area (Å²) in [5.74, 6) is -0.288. The van der Waals surface area contributed by atoms with Gasteiger partial charge < -0.3 is 4.74 Å². The fourth-order valence-corrected chi connectivity index (χ4v) is 1.34. The Morgan fingerprint density at radius 3 is 2.58 bits per heavy atom. The van der Waals surface area contributed by atoms with Crippen LogP contribution in [0.25, 0.3) is 0 Å². The number of carbonyl (C=O) groups is 2. The molecule has 12 heavy (non-hydrogen) atoms. The molecule has 0 radical (unpaired) electrons. The van der Waals surface area contributed by atoms with Crippen LogP contribution in [0.1, 0.15) is 20.8 Å². The van der Waals surface area contributed by atoms with Gasteiger partial charge in [0, 0.05) is 6.92 Å². The summed E-state index contributed by atoms with van der Waals surface area (Å²) in [6.07, 6.45) is 0. The molecule has 1 fully saturated rings. The molecule has 4 heteroatoms. The van der Waals surface area contributed by atoms with E-state index in [2.05, 4.69) is 0 Å². The standard InChI is InChI=1S/C8H13NO3/c1-5(2)7-8(11)12-4-9(7)6(3)10/h5,7H,4H2,1-3H3/t7-/m0/s1. The van der Waals surface area contributed by atoms with Crippen LogP contribution in [0.2, 0.25) is 0 Å². The summed E-state index contributed by atoms with van der Waals surface area (Å²) >= 11 is 0. The number of cyclic esters (lactones) is 1. The highest BCUT2D eigenvalue weighted by Gasteiger charge is 2.38. The van der Waals surface area contributed by atoms with Gasteiger partial charge in [0.25, 0.3) is 0 Å². The fraction of sp³-hybridized carbons (Fsp3) is 0.750. The molecule has 0 unspecified atom stereocenters. The van der Waals surface area contributed by atoms with Gasteiger partial charge in [0.1, 0.15) is 6.04 Å². The van der Waals surface area contributed by atoms with E-state index < -0.39 is 0 Å². The second-order valence-corrected chi connectivity index (χ2v) is 3.27. The SMILES string of the molecule is CC(=O)N1COC(=O)[C@@H]1C(C)C. The van der Waals surface area contributed by atoms with Crippen LogP contribution < -0.4 is 0 Å². The molecule has 0 N–H and O–H groups in total. The Bertz CT molecular complexity index is 212. The smallest absolute Gasteiger partial charge is 0.330 e. The highest BCUT2D eigenvalue weighted by Crippen LogP contribution is 2.18. The maximum atomic E-state index is 11.1. The lowest BCUT2D eigenvalue weighted by molar-refractivity contribution is -0.140. The summed E-state index contributed by atoms with van der Waals surface area (Å²) in [6.45, 7) is 5.34. The van der Waals surface area contributed by atoms with E-state index >= 15 is 0 Å². The lowest BCUT2D eigenvalue weighted by Crippen LogP contribution is -2.40. The third-order valence-electron chi connectivity index (χ3n) is 1.96. The van der Waals surface area contributed by atoms with Crippen molar-refractivity contribution in [1.29, 1.82) is 0 Å².